The molecule has 9 heteroatoms. The summed E-state index contributed by atoms with van der Waals surface area (Å²) in [5.41, 5.74) is 1.08. The molecule has 1 aromatic carbocycles. The van der Waals surface area contributed by atoms with Gasteiger partial charge >= 0.3 is 0 Å². The number of piperidine rings is 1. The normalized spacial score (nSPS) is 18.2. The van der Waals surface area contributed by atoms with E-state index in [2.05, 4.69) is 10.3 Å². The summed E-state index contributed by atoms with van der Waals surface area (Å²) in [6.07, 6.45) is 4.43. The average molecular weight is 428 g/mol. The van der Waals surface area contributed by atoms with E-state index in [1.807, 2.05) is 0 Å². The lowest BCUT2D eigenvalue weighted by Crippen LogP contribution is -2.44. The fraction of sp³-hybridized carbons (Fsp3) is 0.333. The third-order valence-electron chi connectivity index (χ3n) is 4.43. The maximum atomic E-state index is 12.8. The van der Waals surface area contributed by atoms with Crippen LogP contribution in [0.15, 0.2) is 42.7 Å². The van der Waals surface area contributed by atoms with Crippen molar-refractivity contribution in [3.63, 3.8) is 0 Å². The van der Waals surface area contributed by atoms with Crippen LogP contribution in [0.4, 0.5) is 5.69 Å². The Morgan fingerprint density at radius 3 is 2.81 bits per heavy atom. The van der Waals surface area contributed by atoms with Crippen LogP contribution in [0.5, 0.6) is 0 Å². The van der Waals surface area contributed by atoms with Crippen molar-refractivity contribution in [1.82, 2.24) is 9.29 Å². The van der Waals surface area contributed by atoms with Gasteiger partial charge in [0.25, 0.3) is 0 Å². The first kappa shape index (κ1) is 20.1. The standard InChI is InChI=1S/C18H19Cl2N3O3S/c19-15-6-5-14(17(20)9-15)12-27(25,26)23-8-2-3-13(11-23)18(24)22-16-4-1-7-21-10-16/h1,4-7,9-10,13H,2-3,8,11-12H2,(H,22,24)/t13-/m1/s1. The third-order valence-corrected chi connectivity index (χ3v) is 6.81. The Bertz CT molecular complexity index is 923. The summed E-state index contributed by atoms with van der Waals surface area (Å²) >= 11 is 12.0. The quantitative estimate of drug-likeness (QED) is 0.790. The van der Waals surface area contributed by atoms with Crippen molar-refractivity contribution in [3.05, 3.63) is 58.3 Å². The Balaban J connectivity index is 1.68. The van der Waals surface area contributed by atoms with Gasteiger partial charge in [0.05, 0.1) is 23.6 Å². The SMILES string of the molecule is O=C(Nc1cccnc1)[C@@H]1CCCN(S(=O)(=O)Cc2ccc(Cl)cc2Cl)C1. The molecule has 1 aliphatic heterocycles. The predicted octanol–water partition coefficient (Wildman–Crippen LogP) is 3.57. The molecular weight excluding hydrogens is 409 g/mol. The van der Waals surface area contributed by atoms with Gasteiger partial charge in [0.1, 0.15) is 0 Å². The highest BCUT2D eigenvalue weighted by Crippen LogP contribution is 2.26. The van der Waals surface area contributed by atoms with Gasteiger partial charge in [0.2, 0.25) is 15.9 Å². The van der Waals surface area contributed by atoms with E-state index in [9.17, 15) is 13.2 Å². The van der Waals surface area contributed by atoms with Crippen LogP contribution in [-0.2, 0) is 20.6 Å². The van der Waals surface area contributed by atoms with Crippen molar-refractivity contribution >= 4 is 44.8 Å². The van der Waals surface area contributed by atoms with E-state index in [0.29, 0.717) is 40.7 Å². The second-order valence-electron chi connectivity index (χ2n) is 6.42. The summed E-state index contributed by atoms with van der Waals surface area (Å²) in [7, 11) is -3.60. The predicted molar refractivity (Wildman–Crippen MR) is 106 cm³/mol. The fourth-order valence-electron chi connectivity index (χ4n) is 3.02. The maximum Gasteiger partial charge on any atom is 0.228 e. The van der Waals surface area contributed by atoms with Crippen molar-refractivity contribution < 1.29 is 13.2 Å². The van der Waals surface area contributed by atoms with Gasteiger partial charge < -0.3 is 5.32 Å². The number of hydrogen-bond acceptors (Lipinski definition) is 4. The lowest BCUT2D eigenvalue weighted by Gasteiger charge is -2.31. The maximum absolute atomic E-state index is 12.8. The molecule has 1 fully saturated rings. The molecule has 1 saturated heterocycles. The zero-order chi connectivity index (χ0) is 19.4. The van der Waals surface area contributed by atoms with E-state index in [4.69, 9.17) is 23.2 Å². The van der Waals surface area contributed by atoms with Crippen LogP contribution in [0.1, 0.15) is 18.4 Å². The van der Waals surface area contributed by atoms with E-state index in [1.54, 1.807) is 36.7 Å². The summed E-state index contributed by atoms with van der Waals surface area (Å²) in [5, 5.41) is 3.55. The number of hydrogen-bond donors (Lipinski definition) is 1. The van der Waals surface area contributed by atoms with Crippen LogP contribution < -0.4 is 5.32 Å². The number of rotatable bonds is 5. The highest BCUT2D eigenvalue weighted by atomic mass is 35.5. The molecule has 27 heavy (non-hydrogen) atoms. The lowest BCUT2D eigenvalue weighted by molar-refractivity contribution is -0.120. The monoisotopic (exact) mass is 427 g/mol. The van der Waals surface area contributed by atoms with Crippen molar-refractivity contribution in [2.45, 2.75) is 18.6 Å². The van der Waals surface area contributed by atoms with Gasteiger partial charge in [-0.1, -0.05) is 29.3 Å². The Morgan fingerprint density at radius 2 is 2.11 bits per heavy atom. The summed E-state index contributed by atoms with van der Waals surface area (Å²) in [4.78, 5) is 16.4. The van der Waals surface area contributed by atoms with Gasteiger partial charge in [0, 0.05) is 29.3 Å². The number of nitrogens with zero attached hydrogens (tertiary/aromatic N) is 2. The number of nitrogens with one attached hydrogen (secondary N) is 1. The van der Waals surface area contributed by atoms with Crippen LogP contribution >= 0.6 is 23.2 Å². The van der Waals surface area contributed by atoms with Gasteiger partial charge in [-0.3, -0.25) is 9.78 Å². The van der Waals surface area contributed by atoms with Crippen molar-refractivity contribution in [2.75, 3.05) is 18.4 Å². The van der Waals surface area contributed by atoms with Crippen molar-refractivity contribution in [1.29, 1.82) is 0 Å². The third kappa shape index (κ3) is 5.19. The minimum absolute atomic E-state index is 0.152. The average Bonchev–Trinajstić information content (AvgIpc) is 2.65. The first-order valence-electron chi connectivity index (χ1n) is 8.48. The van der Waals surface area contributed by atoms with Crippen molar-refractivity contribution in [3.8, 4) is 0 Å². The number of carbonyl (C=O) groups excluding carboxylic acids is 1. The molecule has 0 unspecified atom stereocenters. The molecule has 1 atom stereocenters. The van der Waals surface area contributed by atoms with E-state index in [1.165, 1.54) is 10.4 Å². The van der Waals surface area contributed by atoms with Crippen LogP contribution in [0.25, 0.3) is 0 Å². The van der Waals surface area contributed by atoms with E-state index in [0.717, 1.165) is 0 Å². The summed E-state index contributed by atoms with van der Waals surface area (Å²) in [6, 6.07) is 8.21. The summed E-state index contributed by atoms with van der Waals surface area (Å²) < 4.78 is 27.0. The number of sulfonamides is 1. The summed E-state index contributed by atoms with van der Waals surface area (Å²) in [5.74, 6) is -0.832. The molecule has 1 N–H and O–H groups in total. The van der Waals surface area contributed by atoms with Gasteiger partial charge in [-0.25, -0.2) is 12.7 Å². The molecule has 0 saturated carbocycles. The number of aromatic nitrogens is 1. The highest BCUT2D eigenvalue weighted by Gasteiger charge is 2.32. The van der Waals surface area contributed by atoms with E-state index < -0.39 is 15.9 Å². The van der Waals surface area contributed by atoms with Crippen LogP contribution in [-0.4, -0.2) is 36.7 Å². The topological polar surface area (TPSA) is 79.4 Å². The molecule has 2 heterocycles. The smallest absolute Gasteiger partial charge is 0.228 e. The van der Waals surface area contributed by atoms with E-state index >= 15 is 0 Å². The molecular formula is C18H19Cl2N3O3S. The molecule has 0 radical (unpaired) electrons. The van der Waals surface area contributed by atoms with E-state index in [-0.39, 0.29) is 18.2 Å². The zero-order valence-corrected chi connectivity index (χ0v) is 16.8. The second-order valence-corrected chi connectivity index (χ2v) is 9.23. The summed E-state index contributed by atoms with van der Waals surface area (Å²) in [6.45, 7) is 0.545. The number of benzene rings is 1. The Hall–Kier alpha value is -1.67. The molecule has 6 nitrogen and oxygen atoms in total. The van der Waals surface area contributed by atoms with Gasteiger partial charge in [-0.2, -0.15) is 0 Å². The number of carbonyl (C=O) groups is 1. The lowest BCUT2D eigenvalue weighted by atomic mass is 9.99. The number of pyridine rings is 1. The molecule has 0 bridgehead atoms. The Labute approximate surface area is 168 Å². The minimum atomic E-state index is -3.60. The van der Waals surface area contributed by atoms with Crippen LogP contribution in [0.2, 0.25) is 10.0 Å². The number of halogens is 2. The molecule has 1 aromatic heterocycles. The highest BCUT2D eigenvalue weighted by molar-refractivity contribution is 7.88. The number of amides is 1. The molecule has 3 rings (SSSR count). The molecule has 0 spiro atoms. The first-order chi connectivity index (χ1) is 12.8. The van der Waals surface area contributed by atoms with Crippen LogP contribution in [0.3, 0.4) is 0 Å². The molecule has 0 aliphatic carbocycles. The second kappa shape index (κ2) is 8.56. The van der Waals surface area contributed by atoms with Crippen molar-refractivity contribution in [2.24, 2.45) is 5.92 Å². The fourth-order valence-corrected chi connectivity index (χ4v) is 5.21. The van der Waals surface area contributed by atoms with Gasteiger partial charge in [0.15, 0.2) is 0 Å². The minimum Gasteiger partial charge on any atom is -0.324 e. The Morgan fingerprint density at radius 1 is 1.30 bits per heavy atom. The first-order valence-corrected chi connectivity index (χ1v) is 10.8. The molecule has 2 aromatic rings. The Kier molecular flexibility index (Phi) is 6.37. The molecule has 144 valence electrons. The largest absolute Gasteiger partial charge is 0.324 e. The molecule has 1 aliphatic rings. The van der Waals surface area contributed by atoms with Gasteiger partial charge in [-0.05, 0) is 42.7 Å². The number of anilines is 1. The van der Waals surface area contributed by atoms with Crippen LogP contribution in [0, 0.1) is 5.92 Å². The molecule has 1 amide bonds. The zero-order valence-electron chi connectivity index (χ0n) is 14.4. The van der Waals surface area contributed by atoms with Gasteiger partial charge in [-0.15, -0.1) is 0 Å².